The molecular formula is C28H51NO7. The molecule has 0 saturated carbocycles. The topological polar surface area (TPSA) is 102 Å². The number of rotatable bonds is 15. The van der Waals surface area contributed by atoms with Crippen LogP contribution in [0, 0.1) is 5.92 Å². The number of carbonyl (C=O) groups is 3. The van der Waals surface area contributed by atoms with E-state index in [0.29, 0.717) is 25.7 Å². The highest BCUT2D eigenvalue weighted by Crippen LogP contribution is 2.36. The number of likely N-dealkylation sites (tertiary alicyclic amines) is 1. The monoisotopic (exact) mass is 513 g/mol. The Balaban J connectivity index is 2.93. The van der Waals surface area contributed by atoms with E-state index in [0.717, 1.165) is 12.8 Å². The fraction of sp³-hybridized carbons (Fsp3) is 0.893. The van der Waals surface area contributed by atoms with E-state index in [1.807, 2.05) is 20.8 Å². The third-order valence-corrected chi connectivity index (χ3v) is 6.76. The van der Waals surface area contributed by atoms with Gasteiger partial charge < -0.3 is 24.2 Å². The number of esters is 2. The van der Waals surface area contributed by atoms with Crippen LogP contribution in [-0.4, -0.2) is 64.5 Å². The Morgan fingerprint density at radius 3 is 2.14 bits per heavy atom. The van der Waals surface area contributed by atoms with Crippen LogP contribution in [0.1, 0.15) is 119 Å². The Hall–Kier alpha value is -1.83. The summed E-state index contributed by atoms with van der Waals surface area (Å²) in [4.78, 5) is 38.3. The van der Waals surface area contributed by atoms with Crippen molar-refractivity contribution in [1.82, 2.24) is 4.90 Å². The maximum Gasteiger partial charge on any atom is 0.410 e. The summed E-state index contributed by atoms with van der Waals surface area (Å²) in [5.41, 5.74) is -0.682. The van der Waals surface area contributed by atoms with Crippen molar-refractivity contribution in [3.8, 4) is 0 Å². The van der Waals surface area contributed by atoms with E-state index in [-0.39, 0.29) is 18.7 Å². The second-order valence-corrected chi connectivity index (χ2v) is 11.3. The van der Waals surface area contributed by atoms with E-state index in [4.69, 9.17) is 14.2 Å². The predicted molar refractivity (Wildman–Crippen MR) is 139 cm³/mol. The van der Waals surface area contributed by atoms with Gasteiger partial charge in [-0.05, 0) is 53.4 Å². The van der Waals surface area contributed by atoms with Gasteiger partial charge in [0.15, 0.2) is 0 Å². The average Bonchev–Trinajstić information content (AvgIpc) is 3.14. The van der Waals surface area contributed by atoms with Crippen molar-refractivity contribution in [1.29, 1.82) is 0 Å². The normalized spacial score (nSPS) is 20.5. The highest BCUT2D eigenvalue weighted by molar-refractivity contribution is 5.70. The van der Waals surface area contributed by atoms with E-state index in [1.54, 1.807) is 11.8 Å². The summed E-state index contributed by atoms with van der Waals surface area (Å²) in [6.07, 6.45) is 9.27. The number of amides is 1. The number of aliphatic hydroxyl groups excluding tert-OH is 1. The van der Waals surface area contributed by atoms with Crippen molar-refractivity contribution < 1.29 is 33.7 Å². The van der Waals surface area contributed by atoms with Gasteiger partial charge in [0, 0.05) is 25.9 Å². The van der Waals surface area contributed by atoms with Crippen LogP contribution >= 0.6 is 0 Å². The first kappa shape index (κ1) is 32.2. The minimum Gasteiger partial charge on any atom is -0.465 e. The van der Waals surface area contributed by atoms with Crippen LogP contribution in [0.25, 0.3) is 0 Å². The Bertz CT molecular complexity index is 675. The Morgan fingerprint density at radius 2 is 1.58 bits per heavy atom. The molecule has 0 radical (unpaired) electrons. The molecule has 210 valence electrons. The number of nitrogens with zero attached hydrogens (tertiary/aromatic N) is 1. The summed E-state index contributed by atoms with van der Waals surface area (Å²) in [5, 5.41) is 10.8. The molecule has 1 N–H and O–H groups in total. The largest absolute Gasteiger partial charge is 0.465 e. The number of ether oxygens (including phenoxy) is 3. The van der Waals surface area contributed by atoms with Gasteiger partial charge in [0.05, 0.1) is 18.6 Å². The van der Waals surface area contributed by atoms with Crippen LogP contribution in [0.3, 0.4) is 0 Å². The first-order valence-electron chi connectivity index (χ1n) is 13.9. The van der Waals surface area contributed by atoms with Gasteiger partial charge in [0.25, 0.3) is 0 Å². The number of unbranched alkanes of at least 4 members (excludes halogenated alkanes) is 6. The van der Waals surface area contributed by atoms with Gasteiger partial charge in [-0.2, -0.15) is 0 Å². The van der Waals surface area contributed by atoms with Crippen LogP contribution in [0.5, 0.6) is 0 Å². The summed E-state index contributed by atoms with van der Waals surface area (Å²) < 4.78 is 16.5. The van der Waals surface area contributed by atoms with E-state index < -0.39 is 41.8 Å². The molecule has 1 amide bonds. The molecule has 1 saturated heterocycles. The average molecular weight is 514 g/mol. The van der Waals surface area contributed by atoms with Crippen LogP contribution < -0.4 is 0 Å². The zero-order valence-corrected chi connectivity index (χ0v) is 23.7. The smallest absolute Gasteiger partial charge is 0.410 e. The molecule has 1 rings (SSSR count). The van der Waals surface area contributed by atoms with Gasteiger partial charge >= 0.3 is 18.0 Å². The quantitative estimate of drug-likeness (QED) is 0.168. The third kappa shape index (κ3) is 12.4. The van der Waals surface area contributed by atoms with Gasteiger partial charge in [-0.25, -0.2) is 4.79 Å². The first-order valence-corrected chi connectivity index (χ1v) is 13.9. The molecule has 0 aromatic heterocycles. The summed E-state index contributed by atoms with van der Waals surface area (Å²) in [6, 6.07) is -0.543. The van der Waals surface area contributed by atoms with Crippen molar-refractivity contribution in [2.75, 3.05) is 6.61 Å². The van der Waals surface area contributed by atoms with Crippen molar-refractivity contribution in [2.45, 2.75) is 149 Å². The minimum atomic E-state index is -0.682. The van der Waals surface area contributed by atoms with Crippen molar-refractivity contribution in [3.63, 3.8) is 0 Å². The number of carbonyl (C=O) groups excluding carboxylic acids is 3. The first-order chi connectivity index (χ1) is 16.9. The van der Waals surface area contributed by atoms with Gasteiger partial charge in [-0.3, -0.25) is 9.59 Å². The highest BCUT2D eigenvalue weighted by Gasteiger charge is 2.45. The molecule has 0 aliphatic carbocycles. The molecule has 1 aliphatic rings. The van der Waals surface area contributed by atoms with Crippen LogP contribution in [0.2, 0.25) is 0 Å². The molecular weight excluding hydrogens is 462 g/mol. The van der Waals surface area contributed by atoms with E-state index in [2.05, 4.69) is 6.92 Å². The molecule has 8 nitrogen and oxygen atoms in total. The summed E-state index contributed by atoms with van der Waals surface area (Å²) in [6.45, 7) is 12.1. The zero-order chi connectivity index (χ0) is 27.3. The fourth-order valence-corrected chi connectivity index (χ4v) is 5.05. The lowest BCUT2D eigenvalue weighted by Crippen LogP contribution is -2.51. The van der Waals surface area contributed by atoms with Gasteiger partial charge in [0.2, 0.25) is 0 Å². The molecule has 1 fully saturated rings. The van der Waals surface area contributed by atoms with E-state index in [9.17, 15) is 19.5 Å². The lowest BCUT2D eigenvalue weighted by molar-refractivity contribution is -0.153. The molecule has 0 aromatic rings. The fourth-order valence-electron chi connectivity index (χ4n) is 5.05. The summed E-state index contributed by atoms with van der Waals surface area (Å²) >= 11 is 0. The van der Waals surface area contributed by atoms with Crippen LogP contribution in [0.4, 0.5) is 4.79 Å². The summed E-state index contributed by atoms with van der Waals surface area (Å²) in [7, 11) is 0. The van der Waals surface area contributed by atoms with Gasteiger partial charge in [-0.1, -0.05) is 51.9 Å². The van der Waals surface area contributed by atoms with Crippen molar-refractivity contribution >= 4 is 18.0 Å². The van der Waals surface area contributed by atoms with E-state index in [1.165, 1.54) is 46.0 Å². The molecule has 0 spiro atoms. The Labute approximate surface area is 218 Å². The lowest BCUT2D eigenvalue weighted by Gasteiger charge is -2.38. The molecule has 0 unspecified atom stereocenters. The molecule has 1 aliphatic heterocycles. The second-order valence-electron chi connectivity index (χ2n) is 11.3. The molecule has 36 heavy (non-hydrogen) atoms. The van der Waals surface area contributed by atoms with Crippen LogP contribution in [-0.2, 0) is 23.8 Å². The Kier molecular flexibility index (Phi) is 14.4. The van der Waals surface area contributed by atoms with E-state index >= 15 is 0 Å². The molecule has 5 atom stereocenters. The second kappa shape index (κ2) is 16.1. The maximum atomic E-state index is 13.3. The SMILES string of the molecule is CCCCCCCCC[C@H](O)C[C@@H]1CC[C@H]([C@H](COC(C)=O)[C@@H](C)OC(C)=O)N1C(=O)OC(C)(C)C. The maximum absolute atomic E-state index is 13.3. The highest BCUT2D eigenvalue weighted by atomic mass is 16.6. The molecule has 0 aromatic carbocycles. The molecule has 0 bridgehead atoms. The predicted octanol–water partition coefficient (Wildman–Crippen LogP) is 5.78. The molecule has 8 heteroatoms. The van der Waals surface area contributed by atoms with Gasteiger partial charge in [0.1, 0.15) is 11.7 Å². The standard InChI is InChI=1S/C28H51NO7/c1-8-9-10-11-12-13-14-15-24(32)18-23-16-17-26(29(23)27(33)36-28(5,6)7)25(19-34-21(3)30)20(2)35-22(4)31/h20,23-26,32H,8-19H2,1-7H3/t20-,23+,24+,25-,26-/m1/s1. The van der Waals surface area contributed by atoms with Crippen LogP contribution in [0.15, 0.2) is 0 Å². The zero-order valence-electron chi connectivity index (χ0n) is 23.7. The Morgan fingerprint density at radius 1 is 0.972 bits per heavy atom. The number of hydrogen-bond donors (Lipinski definition) is 1. The van der Waals surface area contributed by atoms with Gasteiger partial charge in [-0.15, -0.1) is 0 Å². The summed E-state index contributed by atoms with van der Waals surface area (Å²) in [5.74, 6) is -1.27. The van der Waals surface area contributed by atoms with Crippen molar-refractivity contribution in [2.24, 2.45) is 5.92 Å². The minimum absolute atomic E-state index is 0.0288. The molecule has 1 heterocycles. The number of hydrogen-bond acceptors (Lipinski definition) is 7. The number of aliphatic hydroxyl groups is 1. The lowest BCUT2D eigenvalue weighted by atomic mass is 9.93. The van der Waals surface area contributed by atoms with Crippen molar-refractivity contribution in [3.05, 3.63) is 0 Å². The third-order valence-electron chi connectivity index (χ3n) is 6.76.